The fourth-order valence-electron chi connectivity index (χ4n) is 1.76. The molecule has 3 aromatic rings. The zero-order chi connectivity index (χ0) is 20.1. The lowest BCUT2D eigenvalue weighted by molar-refractivity contribution is 0.469. The highest BCUT2D eigenvalue weighted by Gasteiger charge is 1.90. The first-order valence-corrected chi connectivity index (χ1v) is 8.00. The minimum Gasteiger partial charge on any atom is -0.508 e. The Bertz CT molecular complexity index is 656. The molecule has 3 rings (SSSR count). The summed E-state index contributed by atoms with van der Waals surface area (Å²) in [6, 6.07) is 18.1. The second-order valence-electron chi connectivity index (χ2n) is 5.40. The number of halogens is 3. The van der Waals surface area contributed by atoms with Crippen LogP contribution in [0.5, 0.6) is 17.2 Å². The van der Waals surface area contributed by atoms with E-state index in [0.717, 1.165) is 0 Å². The first-order valence-electron chi connectivity index (χ1n) is 8.00. The third-order valence-corrected chi connectivity index (χ3v) is 3.27. The van der Waals surface area contributed by atoms with Gasteiger partial charge in [-0.1, -0.05) is 36.4 Å². The predicted octanol–water partition coefficient (Wildman–Crippen LogP) is 5.20. The number of benzene rings is 3. The molecule has 0 bridgehead atoms. The second-order valence-corrected chi connectivity index (χ2v) is 5.40. The van der Waals surface area contributed by atoms with Gasteiger partial charge in [0.2, 0.25) is 0 Å². The Morgan fingerprint density at radius 3 is 0.750 bits per heavy atom. The van der Waals surface area contributed by atoms with Crippen LogP contribution in [0.4, 0.5) is 13.2 Å². The molecule has 147 valence electrons. The van der Waals surface area contributed by atoms with Crippen molar-refractivity contribution in [2.45, 2.75) is 20.0 Å². The third kappa shape index (κ3) is 10.2. The van der Waals surface area contributed by atoms with Gasteiger partial charge in [0.1, 0.15) is 37.3 Å². The Morgan fingerprint density at radius 1 is 0.429 bits per heavy atom. The lowest BCUT2D eigenvalue weighted by Gasteiger charge is -1.91. The van der Waals surface area contributed by atoms with Crippen molar-refractivity contribution < 1.29 is 28.5 Å². The molecule has 3 nitrogen and oxygen atoms in total. The Hall–Kier alpha value is -3.09. The predicted molar refractivity (Wildman–Crippen MR) is 105 cm³/mol. The molecule has 0 aromatic heterocycles. The quantitative estimate of drug-likeness (QED) is 0.540. The van der Waals surface area contributed by atoms with Crippen LogP contribution < -0.4 is 0 Å². The number of hydrogen-bond acceptors (Lipinski definition) is 3. The van der Waals surface area contributed by atoms with E-state index in [1.807, 2.05) is 0 Å². The molecule has 3 aromatic carbocycles. The van der Waals surface area contributed by atoms with Crippen LogP contribution in [-0.2, 0) is 20.0 Å². The summed E-state index contributed by atoms with van der Waals surface area (Å²) < 4.78 is 35.3. The molecular formula is C21H21BF3O3. The number of phenols is 3. The van der Waals surface area contributed by atoms with Crippen molar-refractivity contribution in [3.63, 3.8) is 0 Å². The molecule has 0 saturated heterocycles. The molecule has 7 heteroatoms. The van der Waals surface area contributed by atoms with Crippen LogP contribution in [-0.4, -0.2) is 23.7 Å². The van der Waals surface area contributed by atoms with E-state index in [-0.39, 0.29) is 25.7 Å². The fourth-order valence-corrected chi connectivity index (χ4v) is 1.76. The van der Waals surface area contributed by atoms with Crippen molar-refractivity contribution in [2.75, 3.05) is 0 Å². The molecule has 0 aliphatic rings. The van der Waals surface area contributed by atoms with Crippen LogP contribution in [0.15, 0.2) is 72.8 Å². The average Bonchev–Trinajstić information content (AvgIpc) is 2.71. The number of hydrogen-bond donors (Lipinski definition) is 3. The van der Waals surface area contributed by atoms with Crippen LogP contribution in [0.3, 0.4) is 0 Å². The van der Waals surface area contributed by atoms with Gasteiger partial charge < -0.3 is 15.3 Å². The highest BCUT2D eigenvalue weighted by molar-refractivity contribution is 5.75. The molecule has 0 amide bonds. The maximum atomic E-state index is 11.8. The van der Waals surface area contributed by atoms with Crippen molar-refractivity contribution in [1.82, 2.24) is 0 Å². The van der Waals surface area contributed by atoms with E-state index < -0.39 is 20.0 Å². The van der Waals surface area contributed by atoms with Crippen molar-refractivity contribution in [1.29, 1.82) is 0 Å². The minimum absolute atomic E-state index is 0. The van der Waals surface area contributed by atoms with Gasteiger partial charge in [0.05, 0.1) is 0 Å². The van der Waals surface area contributed by atoms with Gasteiger partial charge in [0.25, 0.3) is 0 Å². The summed E-state index contributed by atoms with van der Waals surface area (Å²) in [5, 5.41) is 26.2. The normalized spacial score (nSPS) is 9.11. The van der Waals surface area contributed by atoms with E-state index >= 15 is 0 Å². The maximum Gasteiger partial charge on any atom is 0.115 e. The van der Waals surface area contributed by atoms with E-state index in [1.165, 1.54) is 36.4 Å². The first kappa shape index (κ1) is 24.9. The van der Waals surface area contributed by atoms with E-state index in [9.17, 15) is 13.2 Å². The first-order chi connectivity index (χ1) is 13.0. The van der Waals surface area contributed by atoms with Crippen molar-refractivity contribution in [2.24, 2.45) is 0 Å². The molecule has 28 heavy (non-hydrogen) atoms. The average molecular weight is 389 g/mol. The minimum atomic E-state index is -0.472. The monoisotopic (exact) mass is 389 g/mol. The SMILES string of the molecule is Oc1ccc(CF)cc1.Oc1ccc(CF)cc1.Oc1ccc(CF)cc1.[B]. The van der Waals surface area contributed by atoms with Gasteiger partial charge in [-0.25, -0.2) is 13.2 Å². The molecule has 3 N–H and O–H groups in total. The number of aromatic hydroxyl groups is 3. The molecule has 0 aliphatic heterocycles. The molecule has 0 unspecified atom stereocenters. The summed E-state index contributed by atoms with van der Waals surface area (Å²) in [6.07, 6.45) is 0. The van der Waals surface area contributed by atoms with Gasteiger partial charge >= 0.3 is 0 Å². The smallest absolute Gasteiger partial charge is 0.115 e. The van der Waals surface area contributed by atoms with Crippen LogP contribution in [0, 0.1) is 0 Å². The summed E-state index contributed by atoms with van der Waals surface area (Å²) in [4.78, 5) is 0. The van der Waals surface area contributed by atoms with Crippen LogP contribution in [0.1, 0.15) is 16.7 Å². The molecule has 0 heterocycles. The van der Waals surface area contributed by atoms with Crippen LogP contribution in [0.25, 0.3) is 0 Å². The number of rotatable bonds is 3. The highest BCUT2D eigenvalue weighted by atomic mass is 19.1. The highest BCUT2D eigenvalue weighted by Crippen LogP contribution is 2.11. The summed E-state index contributed by atoms with van der Waals surface area (Å²) in [7, 11) is 0. The van der Waals surface area contributed by atoms with Gasteiger partial charge in [-0.2, -0.15) is 0 Å². The Kier molecular flexibility index (Phi) is 12.5. The molecular weight excluding hydrogens is 368 g/mol. The zero-order valence-corrected chi connectivity index (χ0v) is 15.1. The molecule has 0 spiro atoms. The summed E-state index contributed by atoms with van der Waals surface area (Å²) in [5.41, 5.74) is 1.77. The number of alkyl halides is 3. The zero-order valence-electron chi connectivity index (χ0n) is 15.1. The topological polar surface area (TPSA) is 60.7 Å². The van der Waals surface area contributed by atoms with Gasteiger partial charge in [-0.15, -0.1) is 0 Å². The van der Waals surface area contributed by atoms with Crippen molar-refractivity contribution in [3.8, 4) is 17.2 Å². The molecule has 0 fully saturated rings. The van der Waals surface area contributed by atoms with Crippen molar-refractivity contribution in [3.05, 3.63) is 89.5 Å². The lowest BCUT2D eigenvalue weighted by Crippen LogP contribution is -1.74. The van der Waals surface area contributed by atoms with Gasteiger partial charge in [0, 0.05) is 8.41 Å². The maximum absolute atomic E-state index is 11.8. The largest absolute Gasteiger partial charge is 0.508 e. The Morgan fingerprint density at radius 2 is 0.607 bits per heavy atom. The Labute approximate surface area is 164 Å². The Balaban J connectivity index is 0.000000384. The van der Waals surface area contributed by atoms with Gasteiger partial charge in [-0.3, -0.25) is 0 Å². The van der Waals surface area contributed by atoms with E-state index in [0.29, 0.717) is 16.7 Å². The number of phenolic OH excluding ortho intramolecular Hbond substituents is 3. The summed E-state index contributed by atoms with van der Waals surface area (Å²) in [6.45, 7) is -1.42. The molecule has 0 atom stereocenters. The summed E-state index contributed by atoms with van der Waals surface area (Å²) >= 11 is 0. The van der Waals surface area contributed by atoms with E-state index in [4.69, 9.17) is 15.3 Å². The van der Waals surface area contributed by atoms with E-state index in [1.54, 1.807) is 36.4 Å². The van der Waals surface area contributed by atoms with E-state index in [2.05, 4.69) is 0 Å². The fraction of sp³-hybridized carbons (Fsp3) is 0.143. The van der Waals surface area contributed by atoms with Crippen LogP contribution >= 0.6 is 0 Å². The molecule has 3 radical (unpaired) electrons. The third-order valence-electron chi connectivity index (χ3n) is 3.27. The van der Waals surface area contributed by atoms with Crippen LogP contribution in [0.2, 0.25) is 0 Å². The summed E-state index contributed by atoms with van der Waals surface area (Å²) in [5.74, 6) is 0.520. The second kappa shape index (κ2) is 14.0. The molecule has 0 saturated carbocycles. The lowest BCUT2D eigenvalue weighted by atomic mass is 10.2. The van der Waals surface area contributed by atoms with Crippen molar-refractivity contribution >= 4 is 8.41 Å². The van der Waals surface area contributed by atoms with Gasteiger partial charge in [-0.05, 0) is 53.1 Å². The molecule has 0 aliphatic carbocycles. The standard InChI is InChI=1S/3C7H7FO.B/c3*8-5-6-1-3-7(9)4-2-6;/h3*1-4,9H,5H2;. The van der Waals surface area contributed by atoms with Gasteiger partial charge in [0.15, 0.2) is 0 Å².